The van der Waals surface area contributed by atoms with Crippen LogP contribution in [0, 0.1) is 0 Å². The van der Waals surface area contributed by atoms with E-state index in [4.69, 9.17) is 0 Å². The van der Waals surface area contributed by atoms with E-state index in [0.717, 1.165) is 0 Å². The van der Waals surface area contributed by atoms with Crippen LogP contribution >= 0.6 is 45.3 Å². The third-order valence-electron chi connectivity index (χ3n) is 2.95. The van der Waals surface area contributed by atoms with Gasteiger partial charge in [-0.2, -0.15) is 22.7 Å². The lowest BCUT2D eigenvalue weighted by atomic mass is 10.1. The van der Waals surface area contributed by atoms with Crippen LogP contribution in [0.2, 0.25) is 0 Å². The number of hydrogen-bond acceptors (Lipinski definition) is 4. The molecule has 18 heavy (non-hydrogen) atoms. The molecule has 0 N–H and O–H groups in total. The predicted octanol–water partition coefficient (Wildman–Crippen LogP) is 6.42. The number of fused-ring (bicyclic) bond motifs is 1. The molecular formula is C14H8S4. The van der Waals surface area contributed by atoms with E-state index in [0.29, 0.717) is 0 Å². The van der Waals surface area contributed by atoms with Gasteiger partial charge in [-0.15, -0.1) is 22.7 Å². The van der Waals surface area contributed by atoms with Crippen molar-refractivity contribution in [2.75, 3.05) is 0 Å². The number of rotatable bonds is 2. The Morgan fingerprint density at radius 2 is 1.11 bits per heavy atom. The summed E-state index contributed by atoms with van der Waals surface area (Å²) in [6.07, 6.45) is 0. The molecule has 0 fully saturated rings. The van der Waals surface area contributed by atoms with Crippen molar-refractivity contribution < 1.29 is 0 Å². The van der Waals surface area contributed by atoms with Crippen LogP contribution in [0.5, 0.6) is 0 Å². The quantitative estimate of drug-likeness (QED) is 0.401. The first-order chi connectivity index (χ1) is 8.93. The lowest BCUT2D eigenvalue weighted by Gasteiger charge is -1.91. The molecule has 0 radical (unpaired) electrons. The topological polar surface area (TPSA) is 0 Å². The highest BCUT2D eigenvalue weighted by Crippen LogP contribution is 2.44. The monoisotopic (exact) mass is 304 g/mol. The molecule has 0 atom stereocenters. The van der Waals surface area contributed by atoms with E-state index >= 15 is 0 Å². The van der Waals surface area contributed by atoms with Crippen molar-refractivity contribution in [3.05, 3.63) is 44.4 Å². The Bertz CT molecular complexity index is 701. The first-order valence-electron chi connectivity index (χ1n) is 5.47. The minimum absolute atomic E-state index is 1.35. The van der Waals surface area contributed by atoms with Crippen LogP contribution in [0.3, 0.4) is 0 Å². The molecule has 4 heteroatoms. The molecule has 4 heterocycles. The Kier molecular flexibility index (Phi) is 2.62. The molecular weight excluding hydrogens is 296 g/mol. The molecule has 0 unspecified atom stereocenters. The fourth-order valence-corrected chi connectivity index (χ4v) is 5.83. The van der Waals surface area contributed by atoms with E-state index in [1.807, 2.05) is 22.7 Å². The predicted molar refractivity (Wildman–Crippen MR) is 86.3 cm³/mol. The van der Waals surface area contributed by atoms with E-state index in [1.54, 1.807) is 22.7 Å². The normalized spacial score (nSPS) is 11.3. The Morgan fingerprint density at radius 3 is 1.50 bits per heavy atom. The Balaban J connectivity index is 1.95. The number of hydrogen-bond donors (Lipinski definition) is 0. The highest BCUT2D eigenvalue weighted by atomic mass is 32.1. The van der Waals surface area contributed by atoms with E-state index in [-0.39, 0.29) is 0 Å². The maximum absolute atomic E-state index is 2.29. The fraction of sp³-hybridized carbons (Fsp3) is 0. The minimum atomic E-state index is 1.35. The van der Waals surface area contributed by atoms with Gasteiger partial charge in [-0.05, 0) is 44.8 Å². The summed E-state index contributed by atoms with van der Waals surface area (Å²) in [5, 5.41) is 13.3. The van der Waals surface area contributed by atoms with Gasteiger partial charge in [-0.1, -0.05) is 0 Å². The van der Waals surface area contributed by atoms with Crippen LogP contribution < -0.4 is 0 Å². The van der Waals surface area contributed by atoms with Gasteiger partial charge in [0.15, 0.2) is 0 Å². The molecule has 0 aliphatic rings. The van der Waals surface area contributed by atoms with Crippen molar-refractivity contribution in [1.82, 2.24) is 0 Å². The lowest BCUT2D eigenvalue weighted by Crippen LogP contribution is -1.65. The van der Waals surface area contributed by atoms with Crippen molar-refractivity contribution in [2.24, 2.45) is 0 Å². The summed E-state index contributed by atoms with van der Waals surface area (Å²) in [5.41, 5.74) is 5.49. The molecule has 0 saturated carbocycles. The summed E-state index contributed by atoms with van der Waals surface area (Å²) in [7, 11) is 0. The number of thiophene rings is 4. The zero-order valence-electron chi connectivity index (χ0n) is 9.25. The second kappa shape index (κ2) is 4.31. The summed E-state index contributed by atoms with van der Waals surface area (Å²) in [4.78, 5) is 0. The molecule has 4 aromatic heterocycles. The first kappa shape index (κ1) is 10.9. The molecule has 4 rings (SSSR count). The average Bonchev–Trinajstić information content (AvgIpc) is 3.14. The van der Waals surface area contributed by atoms with Gasteiger partial charge < -0.3 is 0 Å². The Morgan fingerprint density at radius 1 is 0.611 bits per heavy atom. The molecule has 0 aliphatic heterocycles. The van der Waals surface area contributed by atoms with Crippen LogP contribution in [-0.4, -0.2) is 0 Å². The maximum atomic E-state index is 2.29. The van der Waals surface area contributed by atoms with Crippen LogP contribution in [0.1, 0.15) is 0 Å². The molecule has 0 nitrogen and oxygen atoms in total. The van der Waals surface area contributed by atoms with Gasteiger partial charge in [-0.3, -0.25) is 0 Å². The lowest BCUT2D eigenvalue weighted by molar-refractivity contribution is 1.90. The first-order valence-corrected chi connectivity index (χ1v) is 9.12. The highest BCUT2D eigenvalue weighted by Gasteiger charge is 2.13. The van der Waals surface area contributed by atoms with Crippen molar-refractivity contribution in [3.8, 4) is 22.3 Å². The molecule has 0 spiro atoms. The summed E-state index contributed by atoms with van der Waals surface area (Å²) in [6.45, 7) is 0. The second-order valence-corrected chi connectivity index (χ2v) is 7.30. The average molecular weight is 304 g/mol. The largest absolute Gasteiger partial charge is 0.152 e. The molecule has 0 amide bonds. The Hall–Kier alpha value is -0.940. The minimum Gasteiger partial charge on any atom is -0.152 e. The summed E-state index contributed by atoms with van der Waals surface area (Å²) >= 11 is 7.25. The van der Waals surface area contributed by atoms with Crippen molar-refractivity contribution in [3.63, 3.8) is 0 Å². The molecule has 0 saturated heterocycles. The Labute approximate surface area is 121 Å². The van der Waals surface area contributed by atoms with Crippen molar-refractivity contribution in [2.45, 2.75) is 0 Å². The highest BCUT2D eigenvalue weighted by molar-refractivity contribution is 7.28. The van der Waals surface area contributed by atoms with Gasteiger partial charge in [0.2, 0.25) is 0 Å². The van der Waals surface area contributed by atoms with Crippen LogP contribution in [0.4, 0.5) is 0 Å². The van der Waals surface area contributed by atoms with Crippen LogP contribution in [-0.2, 0) is 0 Å². The molecule has 0 aromatic carbocycles. The van der Waals surface area contributed by atoms with E-state index in [2.05, 4.69) is 44.4 Å². The third kappa shape index (κ3) is 1.61. The van der Waals surface area contributed by atoms with E-state index < -0.39 is 0 Å². The van der Waals surface area contributed by atoms with Crippen molar-refractivity contribution >= 4 is 54.7 Å². The van der Waals surface area contributed by atoms with E-state index in [1.165, 1.54) is 31.7 Å². The van der Waals surface area contributed by atoms with Crippen LogP contribution in [0.25, 0.3) is 31.7 Å². The maximum Gasteiger partial charge on any atom is 0.0535 e. The SMILES string of the molecule is c1cc(-c2csc3c(-c4ccsc4)csc23)cs1. The smallest absolute Gasteiger partial charge is 0.0535 e. The van der Waals surface area contributed by atoms with Crippen LogP contribution in [0.15, 0.2) is 44.4 Å². The molecule has 88 valence electrons. The van der Waals surface area contributed by atoms with Gasteiger partial charge in [-0.25, -0.2) is 0 Å². The third-order valence-corrected chi connectivity index (χ3v) is 6.47. The van der Waals surface area contributed by atoms with Gasteiger partial charge in [0.1, 0.15) is 0 Å². The van der Waals surface area contributed by atoms with Gasteiger partial charge in [0, 0.05) is 21.9 Å². The van der Waals surface area contributed by atoms with Gasteiger partial charge in [0.25, 0.3) is 0 Å². The van der Waals surface area contributed by atoms with E-state index in [9.17, 15) is 0 Å². The standard InChI is InChI=1S/C14H8S4/c1-3-15-5-9(1)11-7-17-14-12(8-18-13(11)14)10-2-4-16-6-10/h1-8H. The fourth-order valence-electron chi connectivity index (χ4n) is 2.06. The zero-order chi connectivity index (χ0) is 11.9. The molecule has 0 bridgehead atoms. The summed E-state index contributed by atoms with van der Waals surface area (Å²) in [5.74, 6) is 0. The van der Waals surface area contributed by atoms with Crippen molar-refractivity contribution in [1.29, 1.82) is 0 Å². The second-order valence-electron chi connectivity index (χ2n) is 3.98. The molecule has 0 aliphatic carbocycles. The summed E-state index contributed by atoms with van der Waals surface area (Å²) in [6, 6.07) is 4.41. The van der Waals surface area contributed by atoms with Gasteiger partial charge in [0.05, 0.1) is 9.40 Å². The zero-order valence-corrected chi connectivity index (χ0v) is 12.5. The van der Waals surface area contributed by atoms with Gasteiger partial charge >= 0.3 is 0 Å². The summed E-state index contributed by atoms with van der Waals surface area (Å²) < 4.78 is 2.86. The molecule has 4 aromatic rings.